The minimum atomic E-state index is 0.641. The van der Waals surface area contributed by atoms with Gasteiger partial charge in [-0.15, -0.1) is 0 Å². The van der Waals surface area contributed by atoms with Crippen LogP contribution in [0, 0.1) is 12.8 Å². The smallest absolute Gasteiger partial charge is 0.159 e. The second-order valence-electron chi connectivity index (χ2n) is 5.08. The quantitative estimate of drug-likeness (QED) is 0.893. The lowest BCUT2D eigenvalue weighted by Crippen LogP contribution is -2.20. The molecule has 0 saturated carbocycles. The van der Waals surface area contributed by atoms with Crippen molar-refractivity contribution in [1.82, 2.24) is 20.3 Å². The van der Waals surface area contributed by atoms with Crippen LogP contribution >= 0.6 is 0 Å². The molecule has 0 amide bonds. The van der Waals surface area contributed by atoms with Gasteiger partial charge < -0.3 is 5.32 Å². The Balaban J connectivity index is 2.16. The average Bonchev–Trinajstić information content (AvgIpc) is 2.39. The summed E-state index contributed by atoms with van der Waals surface area (Å²) in [6.07, 6.45) is 3.52. The number of aromatic nitrogens is 3. The Morgan fingerprint density at radius 1 is 1.16 bits per heavy atom. The second-order valence-corrected chi connectivity index (χ2v) is 5.08. The zero-order valence-electron chi connectivity index (χ0n) is 11.7. The predicted molar refractivity (Wildman–Crippen MR) is 76.5 cm³/mol. The summed E-state index contributed by atoms with van der Waals surface area (Å²) in [6.45, 7) is 8.16. The fourth-order valence-electron chi connectivity index (χ4n) is 1.84. The van der Waals surface area contributed by atoms with E-state index in [1.165, 1.54) is 0 Å². The van der Waals surface area contributed by atoms with Crippen LogP contribution in [0.25, 0.3) is 11.4 Å². The van der Waals surface area contributed by atoms with Crippen LogP contribution < -0.4 is 5.32 Å². The second kappa shape index (κ2) is 6.38. The van der Waals surface area contributed by atoms with Crippen molar-refractivity contribution in [2.45, 2.75) is 27.3 Å². The van der Waals surface area contributed by atoms with Crippen LogP contribution in [-0.2, 0) is 6.54 Å². The first kappa shape index (κ1) is 13.6. The predicted octanol–water partition coefficient (Wildman–Crippen LogP) is 2.59. The van der Waals surface area contributed by atoms with E-state index in [9.17, 15) is 0 Å². The number of hydrogen-bond acceptors (Lipinski definition) is 4. The minimum Gasteiger partial charge on any atom is -0.311 e. The standard InChI is InChI=1S/C15H20N4/c1-11(2)9-17-10-14-8-12(3)18-15(19-14)13-4-6-16-7-5-13/h4-8,11,17H,9-10H2,1-3H3. The SMILES string of the molecule is Cc1cc(CNCC(C)C)nc(-c2ccncc2)n1. The Labute approximate surface area is 114 Å². The highest BCUT2D eigenvalue weighted by atomic mass is 14.9. The van der Waals surface area contributed by atoms with E-state index < -0.39 is 0 Å². The maximum atomic E-state index is 4.60. The van der Waals surface area contributed by atoms with Gasteiger partial charge in [0, 0.05) is 30.2 Å². The number of aryl methyl sites for hydroxylation is 1. The van der Waals surface area contributed by atoms with E-state index in [4.69, 9.17) is 0 Å². The van der Waals surface area contributed by atoms with Crippen LogP contribution in [0.4, 0.5) is 0 Å². The van der Waals surface area contributed by atoms with Gasteiger partial charge in [-0.2, -0.15) is 0 Å². The van der Waals surface area contributed by atoms with Crippen LogP contribution in [0.1, 0.15) is 25.2 Å². The molecule has 0 aliphatic carbocycles. The molecule has 0 saturated heterocycles. The molecular weight excluding hydrogens is 236 g/mol. The van der Waals surface area contributed by atoms with Crippen molar-refractivity contribution in [2.24, 2.45) is 5.92 Å². The number of pyridine rings is 1. The van der Waals surface area contributed by atoms with Gasteiger partial charge in [0.2, 0.25) is 0 Å². The van der Waals surface area contributed by atoms with Gasteiger partial charge >= 0.3 is 0 Å². The van der Waals surface area contributed by atoms with E-state index in [-0.39, 0.29) is 0 Å². The van der Waals surface area contributed by atoms with E-state index in [0.29, 0.717) is 5.92 Å². The number of rotatable bonds is 5. The topological polar surface area (TPSA) is 50.7 Å². The van der Waals surface area contributed by atoms with Crippen molar-refractivity contribution in [2.75, 3.05) is 6.54 Å². The molecule has 0 unspecified atom stereocenters. The minimum absolute atomic E-state index is 0.641. The fourth-order valence-corrected chi connectivity index (χ4v) is 1.84. The Morgan fingerprint density at radius 2 is 1.89 bits per heavy atom. The van der Waals surface area contributed by atoms with E-state index in [0.717, 1.165) is 35.9 Å². The molecule has 2 heterocycles. The molecule has 0 bridgehead atoms. The molecule has 2 aromatic rings. The van der Waals surface area contributed by atoms with Crippen LogP contribution in [0.2, 0.25) is 0 Å². The first-order chi connectivity index (χ1) is 9.15. The van der Waals surface area contributed by atoms with E-state index >= 15 is 0 Å². The molecule has 0 aromatic carbocycles. The molecule has 0 radical (unpaired) electrons. The molecule has 0 spiro atoms. The Bertz CT molecular complexity index is 523. The van der Waals surface area contributed by atoms with Crippen LogP contribution in [-0.4, -0.2) is 21.5 Å². The van der Waals surface area contributed by atoms with Crippen molar-refractivity contribution in [3.8, 4) is 11.4 Å². The molecule has 0 aliphatic heterocycles. The summed E-state index contributed by atoms with van der Waals surface area (Å²) in [7, 11) is 0. The summed E-state index contributed by atoms with van der Waals surface area (Å²) < 4.78 is 0. The summed E-state index contributed by atoms with van der Waals surface area (Å²) in [5, 5.41) is 3.40. The molecular formula is C15H20N4. The van der Waals surface area contributed by atoms with Crippen molar-refractivity contribution in [3.63, 3.8) is 0 Å². The summed E-state index contributed by atoms with van der Waals surface area (Å²) >= 11 is 0. The van der Waals surface area contributed by atoms with Gasteiger partial charge in [0.25, 0.3) is 0 Å². The molecule has 4 heteroatoms. The summed E-state index contributed by atoms with van der Waals surface area (Å²) in [4.78, 5) is 13.1. The highest BCUT2D eigenvalue weighted by Gasteiger charge is 2.05. The van der Waals surface area contributed by atoms with Crippen LogP contribution in [0.15, 0.2) is 30.6 Å². The summed E-state index contributed by atoms with van der Waals surface area (Å²) in [6, 6.07) is 5.89. The molecule has 0 aliphatic rings. The van der Waals surface area contributed by atoms with Crippen molar-refractivity contribution < 1.29 is 0 Å². The van der Waals surface area contributed by atoms with Crippen molar-refractivity contribution >= 4 is 0 Å². The Kier molecular flexibility index (Phi) is 4.58. The number of nitrogens with zero attached hydrogens (tertiary/aromatic N) is 3. The molecule has 2 aromatic heterocycles. The molecule has 1 N–H and O–H groups in total. The van der Waals surface area contributed by atoms with Gasteiger partial charge in [-0.05, 0) is 37.6 Å². The zero-order valence-corrected chi connectivity index (χ0v) is 11.7. The van der Waals surface area contributed by atoms with Crippen molar-refractivity contribution in [3.05, 3.63) is 42.0 Å². The van der Waals surface area contributed by atoms with E-state index in [1.807, 2.05) is 25.1 Å². The average molecular weight is 256 g/mol. The molecule has 2 rings (SSSR count). The zero-order chi connectivity index (χ0) is 13.7. The molecule has 19 heavy (non-hydrogen) atoms. The third-order valence-corrected chi connectivity index (χ3v) is 2.70. The maximum Gasteiger partial charge on any atom is 0.159 e. The fraction of sp³-hybridized carbons (Fsp3) is 0.400. The molecule has 100 valence electrons. The normalized spacial score (nSPS) is 10.9. The lowest BCUT2D eigenvalue weighted by Gasteiger charge is -2.09. The highest BCUT2D eigenvalue weighted by molar-refractivity contribution is 5.53. The van der Waals surface area contributed by atoms with Gasteiger partial charge in [0.05, 0.1) is 5.69 Å². The van der Waals surface area contributed by atoms with Crippen molar-refractivity contribution in [1.29, 1.82) is 0 Å². The van der Waals surface area contributed by atoms with Gasteiger partial charge in [0.15, 0.2) is 5.82 Å². The molecule has 0 fully saturated rings. The Hall–Kier alpha value is -1.81. The lowest BCUT2D eigenvalue weighted by atomic mass is 10.2. The monoisotopic (exact) mass is 256 g/mol. The van der Waals surface area contributed by atoms with Crippen LogP contribution in [0.3, 0.4) is 0 Å². The first-order valence-electron chi connectivity index (χ1n) is 6.61. The van der Waals surface area contributed by atoms with Gasteiger partial charge in [-0.25, -0.2) is 9.97 Å². The van der Waals surface area contributed by atoms with E-state index in [1.54, 1.807) is 12.4 Å². The molecule has 0 atom stereocenters. The maximum absolute atomic E-state index is 4.60. The lowest BCUT2D eigenvalue weighted by molar-refractivity contribution is 0.548. The largest absolute Gasteiger partial charge is 0.311 e. The third kappa shape index (κ3) is 4.10. The van der Waals surface area contributed by atoms with Gasteiger partial charge in [0.1, 0.15) is 0 Å². The summed E-state index contributed by atoms with van der Waals surface area (Å²) in [5.41, 5.74) is 3.02. The van der Waals surface area contributed by atoms with Gasteiger partial charge in [-0.3, -0.25) is 4.98 Å². The van der Waals surface area contributed by atoms with Gasteiger partial charge in [-0.1, -0.05) is 13.8 Å². The number of hydrogen-bond donors (Lipinski definition) is 1. The van der Waals surface area contributed by atoms with Crippen LogP contribution in [0.5, 0.6) is 0 Å². The Morgan fingerprint density at radius 3 is 2.58 bits per heavy atom. The first-order valence-corrected chi connectivity index (χ1v) is 6.61. The molecule has 4 nitrogen and oxygen atoms in total. The highest BCUT2D eigenvalue weighted by Crippen LogP contribution is 2.14. The third-order valence-electron chi connectivity index (χ3n) is 2.70. The number of nitrogens with one attached hydrogen (secondary N) is 1. The summed E-state index contributed by atoms with van der Waals surface area (Å²) in [5.74, 6) is 1.41. The van der Waals surface area contributed by atoms with E-state index in [2.05, 4.69) is 34.1 Å².